The summed E-state index contributed by atoms with van der Waals surface area (Å²) in [6.07, 6.45) is 3.54. The minimum absolute atomic E-state index is 0.0477. The highest BCUT2D eigenvalue weighted by atomic mass is 19.1. The first-order valence-corrected chi connectivity index (χ1v) is 12.5. The van der Waals surface area contributed by atoms with Gasteiger partial charge in [-0.15, -0.1) is 0 Å². The molecule has 0 saturated carbocycles. The molecule has 0 unspecified atom stereocenters. The summed E-state index contributed by atoms with van der Waals surface area (Å²) in [5.41, 5.74) is 2.15. The number of rotatable bonds is 7. The SMILES string of the molecule is CC(=O)Nc1cccc(C2CCN(CCCCNC(=O)N3CCOC3=O)CC2)c1.Fc1cccc(F)c1. The summed E-state index contributed by atoms with van der Waals surface area (Å²) in [6.45, 7) is 5.82. The van der Waals surface area contributed by atoms with Crippen molar-refractivity contribution in [3.05, 3.63) is 65.7 Å². The van der Waals surface area contributed by atoms with Crippen LogP contribution in [0.25, 0.3) is 0 Å². The second-order valence-corrected chi connectivity index (χ2v) is 9.07. The number of hydrogen-bond donors (Lipinski definition) is 2. The van der Waals surface area contributed by atoms with Gasteiger partial charge in [0, 0.05) is 25.2 Å². The highest BCUT2D eigenvalue weighted by Crippen LogP contribution is 2.29. The van der Waals surface area contributed by atoms with Gasteiger partial charge in [0.05, 0.1) is 6.54 Å². The van der Waals surface area contributed by atoms with Gasteiger partial charge in [-0.1, -0.05) is 18.2 Å². The van der Waals surface area contributed by atoms with Gasteiger partial charge in [0.2, 0.25) is 5.91 Å². The fraction of sp³-hybridized carbons (Fsp3) is 0.444. The fourth-order valence-corrected chi connectivity index (χ4v) is 4.35. The molecular weight excluding hydrogens is 482 g/mol. The first-order valence-electron chi connectivity index (χ1n) is 12.5. The van der Waals surface area contributed by atoms with Crippen LogP contribution in [0.2, 0.25) is 0 Å². The van der Waals surface area contributed by atoms with Crippen molar-refractivity contribution in [1.29, 1.82) is 0 Å². The van der Waals surface area contributed by atoms with E-state index in [1.54, 1.807) is 0 Å². The number of ether oxygens (including phenoxy) is 1. The Balaban J connectivity index is 0.000000405. The van der Waals surface area contributed by atoms with Crippen molar-refractivity contribution in [1.82, 2.24) is 15.1 Å². The average Bonchev–Trinajstić information content (AvgIpc) is 3.30. The molecule has 2 aliphatic heterocycles. The molecule has 2 aliphatic rings. The van der Waals surface area contributed by atoms with Crippen LogP contribution in [0.3, 0.4) is 0 Å². The smallest absolute Gasteiger partial charge is 0.418 e. The van der Waals surface area contributed by atoms with Crippen LogP contribution in [-0.2, 0) is 9.53 Å². The maximum absolute atomic E-state index is 11.9. The van der Waals surface area contributed by atoms with Crippen molar-refractivity contribution in [2.24, 2.45) is 0 Å². The third kappa shape index (κ3) is 9.45. The van der Waals surface area contributed by atoms with E-state index in [2.05, 4.69) is 27.7 Å². The molecule has 0 radical (unpaired) electrons. The Labute approximate surface area is 216 Å². The van der Waals surface area contributed by atoms with E-state index in [9.17, 15) is 23.2 Å². The van der Waals surface area contributed by atoms with Gasteiger partial charge in [-0.2, -0.15) is 0 Å². The number of unbranched alkanes of at least 4 members (excludes halogenated alkanes) is 1. The molecule has 0 aromatic heterocycles. The summed E-state index contributed by atoms with van der Waals surface area (Å²) in [6, 6.07) is 12.3. The third-order valence-electron chi connectivity index (χ3n) is 6.24. The summed E-state index contributed by atoms with van der Waals surface area (Å²) in [4.78, 5) is 38.0. The minimum Gasteiger partial charge on any atom is -0.447 e. The molecule has 0 spiro atoms. The van der Waals surface area contributed by atoms with Gasteiger partial charge in [0.15, 0.2) is 0 Å². The molecule has 10 heteroatoms. The molecule has 2 fully saturated rings. The van der Waals surface area contributed by atoms with E-state index >= 15 is 0 Å². The molecule has 37 heavy (non-hydrogen) atoms. The van der Waals surface area contributed by atoms with E-state index in [-0.39, 0.29) is 18.5 Å². The summed E-state index contributed by atoms with van der Waals surface area (Å²) in [7, 11) is 0. The van der Waals surface area contributed by atoms with Crippen LogP contribution in [-0.4, -0.2) is 67.2 Å². The van der Waals surface area contributed by atoms with E-state index in [0.717, 1.165) is 62.0 Å². The number of urea groups is 1. The Hall–Kier alpha value is -3.53. The van der Waals surface area contributed by atoms with Gasteiger partial charge in [-0.25, -0.2) is 23.3 Å². The van der Waals surface area contributed by atoms with Gasteiger partial charge >= 0.3 is 12.1 Å². The highest BCUT2D eigenvalue weighted by Gasteiger charge is 2.28. The van der Waals surface area contributed by atoms with Crippen LogP contribution < -0.4 is 10.6 Å². The molecule has 0 atom stereocenters. The van der Waals surface area contributed by atoms with E-state index in [4.69, 9.17) is 4.74 Å². The highest BCUT2D eigenvalue weighted by molar-refractivity contribution is 5.91. The molecule has 2 aromatic carbocycles. The van der Waals surface area contributed by atoms with Crippen molar-refractivity contribution in [2.75, 3.05) is 44.6 Å². The number of anilines is 1. The van der Waals surface area contributed by atoms with Crippen molar-refractivity contribution >= 4 is 23.7 Å². The molecule has 8 nitrogen and oxygen atoms in total. The van der Waals surface area contributed by atoms with Gasteiger partial charge in [0.1, 0.15) is 18.2 Å². The number of nitrogens with zero attached hydrogens (tertiary/aromatic N) is 2. The lowest BCUT2D eigenvalue weighted by molar-refractivity contribution is -0.114. The van der Waals surface area contributed by atoms with E-state index in [1.807, 2.05) is 12.1 Å². The van der Waals surface area contributed by atoms with E-state index in [0.29, 0.717) is 19.0 Å². The van der Waals surface area contributed by atoms with Gasteiger partial charge in [0.25, 0.3) is 0 Å². The number of hydrogen-bond acceptors (Lipinski definition) is 5. The molecule has 2 N–H and O–H groups in total. The van der Waals surface area contributed by atoms with Crippen molar-refractivity contribution < 1.29 is 27.9 Å². The molecule has 4 rings (SSSR count). The van der Waals surface area contributed by atoms with Crippen LogP contribution in [0.15, 0.2) is 48.5 Å². The number of likely N-dealkylation sites (tertiary alicyclic amines) is 1. The quantitative estimate of drug-likeness (QED) is 0.519. The Kier molecular flexibility index (Phi) is 10.8. The molecular formula is C27H34F2N4O4. The molecule has 4 amide bonds. The number of benzene rings is 2. The number of carbonyl (C=O) groups excluding carboxylic acids is 3. The third-order valence-corrected chi connectivity index (χ3v) is 6.24. The lowest BCUT2D eigenvalue weighted by atomic mass is 9.89. The van der Waals surface area contributed by atoms with Gasteiger partial charge < -0.3 is 20.3 Å². The lowest BCUT2D eigenvalue weighted by Crippen LogP contribution is -2.41. The normalized spacial score (nSPS) is 16.0. The number of halogens is 2. The number of nitrogens with one attached hydrogen (secondary N) is 2. The summed E-state index contributed by atoms with van der Waals surface area (Å²) < 4.78 is 28.6. The largest absolute Gasteiger partial charge is 0.447 e. The zero-order valence-corrected chi connectivity index (χ0v) is 21.1. The standard InChI is InChI=1S/C21H30N4O4.C6H4F2/c1-16(26)23-19-6-4-5-18(15-19)17-7-11-24(12-8-17)10-3-2-9-22-20(27)25-13-14-29-21(25)28;7-5-2-1-3-6(8)4-5/h4-6,15,17H,2-3,7-14H2,1H3,(H,22,27)(H,23,26);1-4H. The average molecular weight is 517 g/mol. The molecule has 2 saturated heterocycles. The van der Waals surface area contributed by atoms with Gasteiger partial charge in [-0.3, -0.25) is 4.79 Å². The second-order valence-electron chi connectivity index (χ2n) is 9.07. The van der Waals surface area contributed by atoms with E-state index in [1.165, 1.54) is 30.7 Å². The zero-order chi connectivity index (χ0) is 26.6. The maximum atomic E-state index is 11.9. The van der Waals surface area contributed by atoms with Crippen LogP contribution in [0.5, 0.6) is 0 Å². The Morgan fingerprint density at radius 1 is 1.00 bits per heavy atom. The molecule has 200 valence electrons. The van der Waals surface area contributed by atoms with E-state index < -0.39 is 17.7 Å². The van der Waals surface area contributed by atoms with Crippen LogP contribution in [0, 0.1) is 11.6 Å². The van der Waals surface area contributed by atoms with Gasteiger partial charge in [-0.05, 0) is 81.1 Å². The first-order chi connectivity index (χ1) is 17.8. The predicted molar refractivity (Wildman–Crippen MR) is 136 cm³/mol. The Morgan fingerprint density at radius 3 is 2.30 bits per heavy atom. The second kappa shape index (κ2) is 14.3. The topological polar surface area (TPSA) is 91.0 Å². The summed E-state index contributed by atoms with van der Waals surface area (Å²) >= 11 is 0. The fourth-order valence-electron chi connectivity index (χ4n) is 4.35. The van der Waals surface area contributed by atoms with Crippen molar-refractivity contribution in [3.63, 3.8) is 0 Å². The van der Waals surface area contributed by atoms with Crippen LogP contribution >= 0.6 is 0 Å². The molecule has 2 aromatic rings. The number of carbonyl (C=O) groups is 3. The minimum atomic E-state index is -0.562. The van der Waals surface area contributed by atoms with Crippen LogP contribution in [0.4, 0.5) is 24.1 Å². The summed E-state index contributed by atoms with van der Waals surface area (Å²) in [5, 5.41) is 5.63. The molecule has 0 aliphatic carbocycles. The maximum Gasteiger partial charge on any atom is 0.418 e. The number of amides is 4. The summed E-state index contributed by atoms with van der Waals surface area (Å²) in [5.74, 6) is -0.594. The van der Waals surface area contributed by atoms with Crippen molar-refractivity contribution in [2.45, 2.75) is 38.5 Å². The lowest BCUT2D eigenvalue weighted by Gasteiger charge is -2.32. The first kappa shape index (κ1) is 28.0. The Morgan fingerprint density at radius 2 is 1.70 bits per heavy atom. The predicted octanol–water partition coefficient (Wildman–Crippen LogP) is 4.73. The number of piperidine rings is 1. The zero-order valence-electron chi connectivity index (χ0n) is 21.1. The molecule has 0 bridgehead atoms. The monoisotopic (exact) mass is 516 g/mol. The van der Waals surface area contributed by atoms with Crippen molar-refractivity contribution in [3.8, 4) is 0 Å². The number of imide groups is 1. The number of cyclic esters (lactones) is 1. The Bertz CT molecular complexity index is 1040. The molecule has 2 heterocycles. The van der Waals surface area contributed by atoms with Crippen LogP contribution in [0.1, 0.15) is 44.1 Å².